The van der Waals surface area contributed by atoms with E-state index in [1.54, 1.807) is 56.8 Å². The largest absolute Gasteiger partial charge is 0.444 e. The molecule has 3 amide bonds. The van der Waals surface area contributed by atoms with E-state index in [-0.39, 0.29) is 19.1 Å². The van der Waals surface area contributed by atoms with Gasteiger partial charge in [-0.05, 0) is 51.2 Å². The summed E-state index contributed by atoms with van der Waals surface area (Å²) in [4.78, 5) is 40.8. The van der Waals surface area contributed by atoms with Crippen molar-refractivity contribution in [2.75, 3.05) is 31.7 Å². The third-order valence-electron chi connectivity index (χ3n) is 4.98. The first-order valence-corrected chi connectivity index (χ1v) is 13.3. The monoisotopic (exact) mass is 495 g/mol. The number of hydrogen-bond donors (Lipinski definition) is 3. The zero-order valence-electron chi connectivity index (χ0n) is 21.1. The molecule has 0 aliphatic carbocycles. The maximum absolute atomic E-state index is 13.7. The van der Waals surface area contributed by atoms with Crippen LogP contribution < -0.4 is 10.6 Å². The van der Waals surface area contributed by atoms with Gasteiger partial charge >= 0.3 is 6.09 Å². The van der Waals surface area contributed by atoms with Crippen LogP contribution in [0.4, 0.5) is 4.79 Å². The van der Waals surface area contributed by atoms with Gasteiger partial charge < -0.3 is 25.4 Å². The lowest BCUT2D eigenvalue weighted by Gasteiger charge is -2.34. The van der Waals surface area contributed by atoms with Crippen LogP contribution in [0.3, 0.4) is 0 Å². The summed E-state index contributed by atoms with van der Waals surface area (Å²) in [5.41, 5.74) is -0.0782. The van der Waals surface area contributed by atoms with E-state index in [1.807, 2.05) is 12.3 Å². The fourth-order valence-electron chi connectivity index (χ4n) is 3.41. The van der Waals surface area contributed by atoms with Crippen LogP contribution in [0.5, 0.6) is 0 Å². The number of aliphatic hydroxyl groups excluding tert-OH is 1. The molecule has 0 saturated carbocycles. The van der Waals surface area contributed by atoms with Crippen molar-refractivity contribution in [1.82, 2.24) is 15.5 Å². The van der Waals surface area contributed by atoms with E-state index in [0.717, 1.165) is 19.3 Å². The number of carbonyl (C=O) groups excluding carboxylic acids is 3. The Morgan fingerprint density at radius 2 is 1.82 bits per heavy atom. The van der Waals surface area contributed by atoms with Crippen LogP contribution in [-0.4, -0.2) is 71.3 Å². The molecule has 0 aromatic heterocycles. The summed E-state index contributed by atoms with van der Waals surface area (Å²) in [6, 6.07) is 7.19. The molecular weight excluding hydrogens is 454 g/mol. The second-order valence-electron chi connectivity index (χ2n) is 9.05. The van der Waals surface area contributed by atoms with Crippen molar-refractivity contribution in [3.63, 3.8) is 0 Å². The molecular formula is C25H41N3O5S. The van der Waals surface area contributed by atoms with Gasteiger partial charge in [0.05, 0.1) is 6.61 Å². The van der Waals surface area contributed by atoms with E-state index >= 15 is 0 Å². The van der Waals surface area contributed by atoms with Gasteiger partial charge in [0.15, 0.2) is 0 Å². The highest BCUT2D eigenvalue weighted by molar-refractivity contribution is 7.98. The molecule has 0 heterocycles. The van der Waals surface area contributed by atoms with Gasteiger partial charge in [-0.3, -0.25) is 9.59 Å². The minimum Gasteiger partial charge on any atom is -0.444 e. The summed E-state index contributed by atoms with van der Waals surface area (Å²) >= 11 is 1.55. The summed E-state index contributed by atoms with van der Waals surface area (Å²) in [7, 11) is 0. The molecule has 192 valence electrons. The summed E-state index contributed by atoms with van der Waals surface area (Å²) in [6.07, 6.45) is 4.44. The van der Waals surface area contributed by atoms with Gasteiger partial charge in [-0.2, -0.15) is 11.8 Å². The summed E-state index contributed by atoms with van der Waals surface area (Å²) in [6.45, 7) is 7.46. The molecule has 0 aliphatic rings. The number of carbonyl (C=O) groups is 3. The Kier molecular flexibility index (Phi) is 13.7. The molecule has 2 atom stereocenters. The lowest BCUT2D eigenvalue weighted by atomic mass is 10.0. The second kappa shape index (κ2) is 15.6. The molecule has 1 aromatic carbocycles. The lowest BCUT2D eigenvalue weighted by molar-refractivity contribution is -0.143. The molecule has 0 radical (unpaired) electrons. The molecule has 0 bridgehead atoms. The van der Waals surface area contributed by atoms with E-state index in [2.05, 4.69) is 17.6 Å². The third kappa shape index (κ3) is 10.8. The number of thioether (sulfide) groups is 1. The Bertz CT molecular complexity index is 755. The molecule has 0 fully saturated rings. The van der Waals surface area contributed by atoms with Crippen LogP contribution >= 0.6 is 11.8 Å². The van der Waals surface area contributed by atoms with Gasteiger partial charge in [-0.25, -0.2) is 4.79 Å². The Balaban J connectivity index is 3.23. The number of amides is 3. The SMILES string of the molecule is CCCCCNC(=O)C(c1ccccc1)N(CCO)C(=O)C(CCSC)NC(=O)OC(C)(C)C. The molecule has 1 aromatic rings. The fraction of sp³-hybridized carbons (Fsp3) is 0.640. The van der Waals surface area contributed by atoms with E-state index in [9.17, 15) is 19.5 Å². The Hall–Kier alpha value is -2.26. The minimum absolute atomic E-state index is 0.0491. The maximum atomic E-state index is 13.7. The summed E-state index contributed by atoms with van der Waals surface area (Å²) in [5, 5.41) is 15.4. The van der Waals surface area contributed by atoms with E-state index in [0.29, 0.717) is 24.3 Å². The number of alkyl carbamates (subject to hydrolysis) is 1. The number of benzene rings is 1. The van der Waals surface area contributed by atoms with Crippen molar-refractivity contribution in [3.8, 4) is 0 Å². The van der Waals surface area contributed by atoms with E-state index < -0.39 is 29.7 Å². The molecule has 2 unspecified atom stereocenters. The number of aliphatic hydroxyl groups is 1. The number of nitrogens with zero attached hydrogens (tertiary/aromatic N) is 1. The van der Waals surface area contributed by atoms with Crippen molar-refractivity contribution >= 4 is 29.7 Å². The first kappa shape index (κ1) is 29.8. The molecule has 8 nitrogen and oxygen atoms in total. The van der Waals surface area contributed by atoms with Crippen molar-refractivity contribution in [3.05, 3.63) is 35.9 Å². The summed E-state index contributed by atoms with van der Waals surface area (Å²) < 4.78 is 5.35. The van der Waals surface area contributed by atoms with Gasteiger partial charge in [0.1, 0.15) is 17.7 Å². The number of unbranched alkanes of at least 4 members (excludes halogenated alkanes) is 2. The van der Waals surface area contributed by atoms with Crippen LogP contribution in [0.25, 0.3) is 0 Å². The van der Waals surface area contributed by atoms with E-state index in [1.165, 1.54) is 4.90 Å². The Morgan fingerprint density at radius 3 is 2.38 bits per heavy atom. The van der Waals surface area contributed by atoms with Gasteiger partial charge in [-0.15, -0.1) is 0 Å². The second-order valence-corrected chi connectivity index (χ2v) is 10.0. The minimum atomic E-state index is -0.931. The highest BCUT2D eigenvalue weighted by Crippen LogP contribution is 2.23. The zero-order chi connectivity index (χ0) is 25.6. The van der Waals surface area contributed by atoms with E-state index in [4.69, 9.17) is 4.74 Å². The van der Waals surface area contributed by atoms with Crippen molar-refractivity contribution in [2.45, 2.75) is 71.1 Å². The van der Waals surface area contributed by atoms with Gasteiger partial charge in [-0.1, -0.05) is 50.1 Å². The first-order chi connectivity index (χ1) is 16.1. The van der Waals surface area contributed by atoms with Gasteiger partial charge in [0, 0.05) is 13.1 Å². The molecule has 9 heteroatoms. The summed E-state index contributed by atoms with van der Waals surface area (Å²) in [5.74, 6) is -0.130. The van der Waals surface area contributed by atoms with Crippen LogP contribution in [0.1, 0.15) is 65.0 Å². The van der Waals surface area contributed by atoms with Crippen LogP contribution in [0, 0.1) is 0 Å². The lowest BCUT2D eigenvalue weighted by Crippen LogP contribution is -2.54. The molecule has 0 spiro atoms. The Labute approximate surface area is 208 Å². The Morgan fingerprint density at radius 1 is 1.15 bits per heavy atom. The zero-order valence-corrected chi connectivity index (χ0v) is 22.0. The predicted molar refractivity (Wildman–Crippen MR) is 137 cm³/mol. The topological polar surface area (TPSA) is 108 Å². The number of ether oxygens (including phenoxy) is 1. The highest BCUT2D eigenvalue weighted by Gasteiger charge is 2.35. The predicted octanol–water partition coefficient (Wildman–Crippen LogP) is 3.50. The van der Waals surface area contributed by atoms with Crippen molar-refractivity contribution in [1.29, 1.82) is 0 Å². The van der Waals surface area contributed by atoms with Crippen molar-refractivity contribution < 1.29 is 24.2 Å². The van der Waals surface area contributed by atoms with Gasteiger partial charge in [0.2, 0.25) is 11.8 Å². The molecule has 0 aliphatic heterocycles. The molecule has 3 N–H and O–H groups in total. The van der Waals surface area contributed by atoms with Crippen LogP contribution in [0.15, 0.2) is 30.3 Å². The molecule has 0 saturated heterocycles. The normalized spacial score (nSPS) is 13.0. The first-order valence-electron chi connectivity index (χ1n) is 11.9. The average Bonchev–Trinajstić information content (AvgIpc) is 2.78. The fourth-order valence-corrected chi connectivity index (χ4v) is 3.88. The smallest absolute Gasteiger partial charge is 0.408 e. The quantitative estimate of drug-likeness (QED) is 0.341. The number of nitrogens with one attached hydrogen (secondary N) is 2. The highest BCUT2D eigenvalue weighted by atomic mass is 32.2. The van der Waals surface area contributed by atoms with Crippen LogP contribution in [-0.2, 0) is 14.3 Å². The molecule has 1 rings (SSSR count). The number of hydrogen-bond acceptors (Lipinski definition) is 6. The van der Waals surface area contributed by atoms with Crippen LogP contribution in [0.2, 0.25) is 0 Å². The third-order valence-corrected chi connectivity index (χ3v) is 5.62. The standard InChI is InChI=1S/C25H41N3O5S/c1-6-7-11-15-26-22(30)21(19-12-9-8-10-13-19)28(16-17-29)23(31)20(14-18-34-5)27-24(32)33-25(2,3)4/h8-10,12-13,20-21,29H,6-7,11,14-18H2,1-5H3,(H,26,30)(H,27,32). The maximum Gasteiger partial charge on any atom is 0.408 e. The van der Waals surface area contributed by atoms with Gasteiger partial charge in [0.25, 0.3) is 0 Å². The molecule has 34 heavy (non-hydrogen) atoms. The average molecular weight is 496 g/mol. The van der Waals surface area contributed by atoms with Crippen molar-refractivity contribution in [2.24, 2.45) is 0 Å². The number of rotatable bonds is 14.